The van der Waals surface area contributed by atoms with Crippen LogP contribution in [0.2, 0.25) is 0 Å². The molecule has 1 aliphatic carbocycles. The molecule has 0 aromatic carbocycles. The molecule has 400 valence electrons. The van der Waals surface area contributed by atoms with Crippen molar-refractivity contribution in [2.45, 2.75) is 193 Å². The number of carbonyl (C=O) groups is 6. The lowest BCUT2D eigenvalue weighted by atomic mass is 9.78. The second kappa shape index (κ2) is 27.8. The highest BCUT2D eigenvalue weighted by atomic mass is 16.6. The molecule has 17 nitrogen and oxygen atoms in total. The third kappa shape index (κ3) is 15.9. The van der Waals surface area contributed by atoms with Crippen LogP contribution in [-0.4, -0.2) is 148 Å². The average Bonchev–Trinajstić information content (AvgIpc) is 3.34. The molecule has 0 spiro atoms. The maximum atomic E-state index is 14.5. The molecule has 2 amide bonds. The Morgan fingerprint density at radius 3 is 2.31 bits per heavy atom. The van der Waals surface area contributed by atoms with E-state index < -0.39 is 89.9 Å². The van der Waals surface area contributed by atoms with E-state index in [0.29, 0.717) is 74.0 Å². The molecule has 0 aromatic heterocycles. The zero-order valence-electron chi connectivity index (χ0n) is 43.8. The summed E-state index contributed by atoms with van der Waals surface area (Å²) in [7, 11) is 2.90. The van der Waals surface area contributed by atoms with Gasteiger partial charge in [-0.15, -0.1) is 0 Å². The number of allylic oxidation sites excluding steroid dienone is 6. The summed E-state index contributed by atoms with van der Waals surface area (Å²) in [5.74, 6) is -8.92. The highest BCUT2D eigenvalue weighted by molar-refractivity contribution is 6.39. The van der Waals surface area contributed by atoms with Gasteiger partial charge in [0.25, 0.3) is 11.7 Å². The van der Waals surface area contributed by atoms with E-state index in [1.807, 2.05) is 26.8 Å². The molecule has 4 N–H and O–H groups in total. The number of piperidine rings is 1. The number of cyclic esters (lactones) is 1. The van der Waals surface area contributed by atoms with Crippen molar-refractivity contribution in [3.05, 3.63) is 47.6 Å². The summed E-state index contributed by atoms with van der Waals surface area (Å²) in [6.07, 6.45) is 8.70. The second-order valence-electron chi connectivity index (χ2n) is 20.8. The molecule has 17 heteroatoms. The fourth-order valence-corrected chi connectivity index (χ4v) is 10.5. The molecule has 2 saturated heterocycles. The first kappa shape index (κ1) is 59.5. The van der Waals surface area contributed by atoms with Crippen LogP contribution in [0.3, 0.4) is 0 Å². The number of ether oxygens (including phenoxy) is 5. The number of hydroxylamine groups is 2. The molecule has 1 unspecified atom stereocenters. The summed E-state index contributed by atoms with van der Waals surface area (Å²) < 4.78 is 28.8. The molecule has 3 fully saturated rings. The van der Waals surface area contributed by atoms with Crippen LogP contribution in [0.4, 0.5) is 4.79 Å². The quantitative estimate of drug-likeness (QED) is 0.0646. The van der Waals surface area contributed by atoms with Crippen LogP contribution in [-0.2, 0) is 47.7 Å². The first-order valence-electron chi connectivity index (χ1n) is 25.9. The van der Waals surface area contributed by atoms with Gasteiger partial charge in [0.15, 0.2) is 5.78 Å². The number of Topliss-reactive ketones (excluding diaryl/α,β-unsaturated/α-hetero) is 3. The number of aliphatic hydroxyl groups is 3. The Labute approximate surface area is 420 Å². The van der Waals surface area contributed by atoms with Gasteiger partial charge in [-0.1, -0.05) is 78.0 Å². The first-order valence-corrected chi connectivity index (χ1v) is 25.9. The number of hydrogen-bond acceptors (Lipinski definition) is 15. The fourth-order valence-electron chi connectivity index (χ4n) is 10.5. The lowest BCUT2D eigenvalue weighted by Gasteiger charge is -2.43. The Kier molecular flexibility index (Phi) is 23.3. The predicted octanol–water partition coefficient (Wildman–Crippen LogP) is 6.77. The fraction of sp³-hybridized carbons (Fsp3) is 0.741. The predicted molar refractivity (Wildman–Crippen MR) is 263 cm³/mol. The van der Waals surface area contributed by atoms with Crippen LogP contribution >= 0.6 is 0 Å². The van der Waals surface area contributed by atoms with Gasteiger partial charge in [-0.05, 0) is 113 Å². The SMILES string of the molecule is CCCOC(=O)N(O)[C@@H]1C[C@@H]2CC[C@@H](C)[C@@](O)(O2)C(=O)C(=O)N2CCCC[C@H]2C(=O)OC([C@H](C)C[C@@H]2CC[C@@H](O)[C@H](OC)C2)CC(=O)[C@H](C)/C=C(\C)[C@@H](O)[C@@H](OC)C(=O)[C@H](C)C[C@H](C)/C=C/C=C/C=C/1C. The van der Waals surface area contributed by atoms with Crippen LogP contribution in [0.25, 0.3) is 0 Å². The van der Waals surface area contributed by atoms with Crippen LogP contribution in [0.15, 0.2) is 47.6 Å². The average molecular weight is 1000 g/mol. The number of ketones is 3. The summed E-state index contributed by atoms with van der Waals surface area (Å²) >= 11 is 0. The number of amides is 2. The number of methoxy groups -OCH3 is 2. The van der Waals surface area contributed by atoms with Crippen LogP contribution < -0.4 is 0 Å². The Balaban J connectivity index is 1.75. The van der Waals surface area contributed by atoms with Crippen molar-refractivity contribution in [1.82, 2.24) is 9.96 Å². The molecule has 1 saturated carbocycles. The first-order chi connectivity index (χ1) is 33.6. The van der Waals surface area contributed by atoms with Crippen molar-refractivity contribution in [3.63, 3.8) is 0 Å². The molecule has 15 atom stereocenters. The van der Waals surface area contributed by atoms with Crippen LogP contribution in [0.5, 0.6) is 0 Å². The summed E-state index contributed by atoms with van der Waals surface area (Å²) in [5.41, 5.74) is 0.866. The minimum absolute atomic E-state index is 0.0143. The van der Waals surface area contributed by atoms with Crippen molar-refractivity contribution < 1.29 is 73.0 Å². The van der Waals surface area contributed by atoms with Crippen molar-refractivity contribution in [2.75, 3.05) is 27.4 Å². The standard InChI is InChI=1S/C54H84N2O15/c1-11-25-69-53(64)56(66)42-30-40-22-20-38(8)54(65,71-40)50(61)51(62)55-24-16-15-19-41(55)52(63)70-45(35(5)28-39-21-23-43(57)46(29-39)67-9)31-44(58)34(4)27-37(7)48(60)49(68-10)47(59)36(6)26-32(2)17-13-12-14-18-33(42)3/h12-14,17-18,27,32,34-36,38-43,45-46,48-49,57,60,65-66H,11,15-16,19-26,28-31H2,1-10H3/b14-12+,17-13+,33-18+,37-27+/t32-,34-,35-,36-,38-,39+,40+,41+,42-,43-,45?,46-,48-,49+,54-/m1/s1. The van der Waals surface area contributed by atoms with Crippen molar-refractivity contribution >= 4 is 35.3 Å². The Morgan fingerprint density at radius 1 is 0.915 bits per heavy atom. The lowest BCUT2D eigenvalue weighted by molar-refractivity contribution is -0.266. The second-order valence-corrected chi connectivity index (χ2v) is 20.8. The number of esters is 1. The van der Waals surface area contributed by atoms with E-state index in [4.69, 9.17) is 23.7 Å². The third-order valence-electron chi connectivity index (χ3n) is 15.1. The number of aliphatic hydroxyl groups excluding tert-OH is 2. The summed E-state index contributed by atoms with van der Waals surface area (Å²) in [5, 5.41) is 45.8. The normalized spacial score (nSPS) is 37.9. The van der Waals surface area contributed by atoms with Gasteiger partial charge in [-0.25, -0.2) is 9.59 Å². The summed E-state index contributed by atoms with van der Waals surface area (Å²) in [6, 6.07) is -2.26. The number of nitrogens with zero attached hydrogens (tertiary/aromatic N) is 2. The highest BCUT2D eigenvalue weighted by Crippen LogP contribution is 2.38. The number of carbonyl (C=O) groups excluding carboxylic acids is 6. The van der Waals surface area contributed by atoms with E-state index in [9.17, 15) is 49.3 Å². The summed E-state index contributed by atoms with van der Waals surface area (Å²) in [6.45, 7) is 14.1. The molecule has 4 aliphatic rings. The molecule has 3 aliphatic heterocycles. The van der Waals surface area contributed by atoms with E-state index in [1.165, 1.54) is 7.11 Å². The van der Waals surface area contributed by atoms with E-state index in [-0.39, 0.29) is 74.3 Å². The van der Waals surface area contributed by atoms with Crippen molar-refractivity contribution in [1.29, 1.82) is 0 Å². The van der Waals surface area contributed by atoms with Crippen LogP contribution in [0, 0.1) is 35.5 Å². The Bertz CT molecular complexity index is 1950. The Morgan fingerprint density at radius 2 is 1.63 bits per heavy atom. The molecular weight excluding hydrogens is 917 g/mol. The van der Waals surface area contributed by atoms with Gasteiger partial charge < -0.3 is 43.9 Å². The maximum absolute atomic E-state index is 14.5. The maximum Gasteiger partial charge on any atom is 0.434 e. The Hall–Kier alpha value is -4.10. The highest BCUT2D eigenvalue weighted by Gasteiger charge is 2.53. The number of fused-ring (bicyclic) bond motifs is 3. The minimum Gasteiger partial charge on any atom is -0.460 e. The van der Waals surface area contributed by atoms with E-state index in [1.54, 1.807) is 72.1 Å². The molecular formula is C54H84N2O15. The molecule has 0 aromatic rings. The van der Waals surface area contributed by atoms with Gasteiger partial charge in [0.05, 0.1) is 31.0 Å². The molecule has 4 rings (SSSR count). The zero-order chi connectivity index (χ0) is 52.7. The van der Waals surface area contributed by atoms with Crippen molar-refractivity contribution in [2.24, 2.45) is 35.5 Å². The smallest absolute Gasteiger partial charge is 0.434 e. The summed E-state index contributed by atoms with van der Waals surface area (Å²) in [4.78, 5) is 85.3. The van der Waals surface area contributed by atoms with Gasteiger partial charge in [0, 0.05) is 51.4 Å². The molecule has 2 bridgehead atoms. The monoisotopic (exact) mass is 1000 g/mol. The molecule has 71 heavy (non-hydrogen) atoms. The lowest BCUT2D eigenvalue weighted by Crippen LogP contribution is -2.61. The number of rotatable bonds is 8. The van der Waals surface area contributed by atoms with Gasteiger partial charge in [0.2, 0.25) is 5.79 Å². The van der Waals surface area contributed by atoms with Gasteiger partial charge in [-0.2, -0.15) is 5.06 Å². The third-order valence-corrected chi connectivity index (χ3v) is 15.1. The van der Waals surface area contributed by atoms with Gasteiger partial charge in [0.1, 0.15) is 30.1 Å². The van der Waals surface area contributed by atoms with Gasteiger partial charge >= 0.3 is 12.1 Å². The zero-order valence-corrected chi connectivity index (χ0v) is 43.8. The molecule has 0 radical (unpaired) electrons. The van der Waals surface area contributed by atoms with Gasteiger partial charge in [-0.3, -0.25) is 24.4 Å². The van der Waals surface area contributed by atoms with E-state index in [2.05, 4.69) is 0 Å². The largest absolute Gasteiger partial charge is 0.460 e. The minimum atomic E-state index is -2.61. The van der Waals surface area contributed by atoms with Crippen LogP contribution in [0.1, 0.15) is 139 Å². The number of hydrogen-bond donors (Lipinski definition) is 4. The van der Waals surface area contributed by atoms with Crippen molar-refractivity contribution in [3.8, 4) is 0 Å². The van der Waals surface area contributed by atoms with E-state index in [0.717, 1.165) is 4.90 Å². The molecule has 3 heterocycles. The van der Waals surface area contributed by atoms with E-state index >= 15 is 0 Å². The topological polar surface area (TPSA) is 236 Å².